The minimum Gasteiger partial charge on any atom is -0.545 e. The third-order valence-electron chi connectivity index (χ3n) is 3.13. The molecule has 23 heavy (non-hydrogen) atoms. The van der Waals surface area contributed by atoms with Crippen LogP contribution in [0.3, 0.4) is 0 Å². The second-order valence-electron chi connectivity index (χ2n) is 4.75. The molecule has 0 aliphatic carbocycles. The summed E-state index contributed by atoms with van der Waals surface area (Å²) >= 11 is 6.02. The Morgan fingerprint density at radius 2 is 1.87 bits per heavy atom. The molecule has 2 rings (SSSR count). The summed E-state index contributed by atoms with van der Waals surface area (Å²) < 4.78 is 5.39. The van der Waals surface area contributed by atoms with Gasteiger partial charge < -0.3 is 14.6 Å². The zero-order valence-corrected chi connectivity index (χ0v) is 13.6. The second kappa shape index (κ2) is 7.65. The maximum atomic E-state index is 10.9. The number of halogens is 1. The molecule has 0 bridgehead atoms. The summed E-state index contributed by atoms with van der Waals surface area (Å²) in [5.74, 6) is -0.473. The number of carbonyl (C=O) groups excluding carboxylic acids is 1. The standard InChI is InChI=1S/C17H17ClN2O3/c1-3-23-14-7-4-12(5-8-14)11(2)19-20-16-10-13(17(21)22)6-9-15(16)18/h4-10,20H,3H2,1-2H3,(H,21,22)/p-1/b19-11-. The van der Waals surface area contributed by atoms with Crippen molar-refractivity contribution in [2.75, 3.05) is 12.0 Å². The summed E-state index contributed by atoms with van der Waals surface area (Å²) in [6.07, 6.45) is 0. The first kappa shape index (κ1) is 16.8. The Labute approximate surface area is 139 Å². The Kier molecular flexibility index (Phi) is 5.60. The molecule has 0 spiro atoms. The van der Waals surface area contributed by atoms with Crippen molar-refractivity contribution in [3.8, 4) is 5.75 Å². The molecule has 0 aliphatic heterocycles. The van der Waals surface area contributed by atoms with Gasteiger partial charge in [0.25, 0.3) is 0 Å². The summed E-state index contributed by atoms with van der Waals surface area (Å²) in [6.45, 7) is 4.37. The first-order valence-electron chi connectivity index (χ1n) is 7.05. The highest BCUT2D eigenvalue weighted by Crippen LogP contribution is 2.23. The Morgan fingerprint density at radius 3 is 2.48 bits per heavy atom. The lowest BCUT2D eigenvalue weighted by Crippen LogP contribution is -2.22. The predicted molar refractivity (Wildman–Crippen MR) is 89.2 cm³/mol. The molecule has 0 atom stereocenters. The lowest BCUT2D eigenvalue weighted by Gasteiger charge is -2.09. The van der Waals surface area contributed by atoms with Crippen LogP contribution in [0.5, 0.6) is 5.75 Å². The van der Waals surface area contributed by atoms with Gasteiger partial charge in [-0.2, -0.15) is 5.10 Å². The smallest absolute Gasteiger partial charge is 0.119 e. The molecule has 2 aromatic rings. The first-order chi connectivity index (χ1) is 11.0. The number of ether oxygens (including phenoxy) is 1. The Morgan fingerprint density at radius 1 is 1.22 bits per heavy atom. The van der Waals surface area contributed by atoms with Crippen molar-refractivity contribution < 1.29 is 14.6 Å². The van der Waals surface area contributed by atoms with Gasteiger partial charge in [0.2, 0.25) is 0 Å². The van der Waals surface area contributed by atoms with Crippen molar-refractivity contribution in [3.05, 3.63) is 58.6 Å². The van der Waals surface area contributed by atoms with E-state index in [2.05, 4.69) is 10.5 Å². The molecule has 0 fully saturated rings. The van der Waals surface area contributed by atoms with E-state index in [0.717, 1.165) is 17.0 Å². The predicted octanol–water partition coefficient (Wildman–Crippen LogP) is 2.94. The summed E-state index contributed by atoms with van der Waals surface area (Å²) in [6, 6.07) is 11.8. The molecule has 5 nitrogen and oxygen atoms in total. The van der Waals surface area contributed by atoms with E-state index in [-0.39, 0.29) is 5.56 Å². The van der Waals surface area contributed by atoms with Crippen LogP contribution in [0.2, 0.25) is 5.02 Å². The van der Waals surface area contributed by atoms with Crippen LogP contribution < -0.4 is 15.3 Å². The molecular formula is C17H16ClN2O3-. The fourth-order valence-corrected chi connectivity index (χ4v) is 2.07. The van der Waals surface area contributed by atoms with E-state index < -0.39 is 5.97 Å². The quantitative estimate of drug-likeness (QED) is 0.652. The summed E-state index contributed by atoms with van der Waals surface area (Å²) in [7, 11) is 0. The van der Waals surface area contributed by atoms with Crippen molar-refractivity contribution in [3.63, 3.8) is 0 Å². The van der Waals surface area contributed by atoms with E-state index in [1.807, 2.05) is 38.1 Å². The van der Waals surface area contributed by atoms with E-state index in [9.17, 15) is 9.90 Å². The van der Waals surface area contributed by atoms with Gasteiger partial charge >= 0.3 is 0 Å². The van der Waals surface area contributed by atoms with Gasteiger partial charge in [0.15, 0.2) is 0 Å². The van der Waals surface area contributed by atoms with E-state index in [0.29, 0.717) is 17.3 Å². The minimum absolute atomic E-state index is 0.0332. The number of hydrogen-bond acceptors (Lipinski definition) is 5. The fraction of sp³-hybridized carbons (Fsp3) is 0.176. The summed E-state index contributed by atoms with van der Waals surface area (Å²) in [5, 5.41) is 15.5. The van der Waals surface area contributed by atoms with E-state index in [1.165, 1.54) is 18.2 Å². The SMILES string of the molecule is CCOc1ccc(/C(C)=N\Nc2cc(C(=O)[O-])ccc2Cl)cc1. The van der Waals surface area contributed by atoms with Crippen LogP contribution in [0, 0.1) is 0 Å². The van der Waals surface area contributed by atoms with Crippen LogP contribution in [0.4, 0.5) is 5.69 Å². The molecule has 2 aromatic carbocycles. The Hall–Kier alpha value is -2.53. The molecule has 0 saturated carbocycles. The van der Waals surface area contributed by atoms with Gasteiger partial charge in [-0.05, 0) is 61.4 Å². The average Bonchev–Trinajstić information content (AvgIpc) is 2.54. The third-order valence-corrected chi connectivity index (χ3v) is 3.46. The largest absolute Gasteiger partial charge is 0.545 e. The van der Waals surface area contributed by atoms with E-state index in [4.69, 9.17) is 16.3 Å². The average molecular weight is 332 g/mol. The van der Waals surface area contributed by atoms with Crippen LogP contribution in [0.25, 0.3) is 0 Å². The van der Waals surface area contributed by atoms with Crippen molar-refractivity contribution in [2.24, 2.45) is 5.10 Å². The van der Waals surface area contributed by atoms with Gasteiger partial charge in [0.05, 0.1) is 29.0 Å². The molecule has 0 radical (unpaired) electrons. The van der Waals surface area contributed by atoms with E-state index >= 15 is 0 Å². The molecule has 6 heteroatoms. The normalized spacial score (nSPS) is 11.2. The number of benzene rings is 2. The molecule has 0 unspecified atom stereocenters. The van der Waals surface area contributed by atoms with Crippen LogP contribution in [0.1, 0.15) is 29.8 Å². The first-order valence-corrected chi connectivity index (χ1v) is 7.43. The molecule has 0 aromatic heterocycles. The molecule has 120 valence electrons. The number of hydrazone groups is 1. The molecule has 0 heterocycles. The maximum Gasteiger partial charge on any atom is 0.119 e. The molecule has 0 aliphatic rings. The highest BCUT2D eigenvalue weighted by atomic mass is 35.5. The monoisotopic (exact) mass is 331 g/mol. The number of hydrogen-bond donors (Lipinski definition) is 1. The van der Waals surface area contributed by atoms with Gasteiger partial charge in [-0.1, -0.05) is 17.7 Å². The maximum absolute atomic E-state index is 10.9. The highest BCUT2D eigenvalue weighted by molar-refractivity contribution is 6.33. The van der Waals surface area contributed by atoms with Gasteiger partial charge in [-0.25, -0.2) is 0 Å². The van der Waals surface area contributed by atoms with Crippen LogP contribution in [-0.2, 0) is 0 Å². The van der Waals surface area contributed by atoms with Crippen LogP contribution in [0.15, 0.2) is 47.6 Å². The molecule has 1 N–H and O–H groups in total. The summed E-state index contributed by atoms with van der Waals surface area (Å²) in [4.78, 5) is 10.9. The Balaban J connectivity index is 2.15. The molecular weight excluding hydrogens is 316 g/mol. The minimum atomic E-state index is -1.27. The summed E-state index contributed by atoms with van der Waals surface area (Å²) in [5.41, 5.74) is 4.85. The third kappa shape index (κ3) is 4.47. The lowest BCUT2D eigenvalue weighted by molar-refractivity contribution is -0.255. The van der Waals surface area contributed by atoms with Crippen LogP contribution in [-0.4, -0.2) is 18.3 Å². The number of rotatable bonds is 6. The number of nitrogens with zero attached hydrogens (tertiary/aromatic N) is 1. The van der Waals surface area contributed by atoms with Crippen molar-refractivity contribution in [1.29, 1.82) is 0 Å². The number of anilines is 1. The number of carboxylic acid groups (broad SMARTS) is 1. The topological polar surface area (TPSA) is 73.8 Å². The number of nitrogens with one attached hydrogen (secondary N) is 1. The zero-order valence-electron chi connectivity index (χ0n) is 12.8. The number of carbonyl (C=O) groups is 1. The lowest BCUT2D eigenvalue weighted by atomic mass is 10.1. The van der Waals surface area contributed by atoms with Crippen molar-refractivity contribution in [2.45, 2.75) is 13.8 Å². The zero-order chi connectivity index (χ0) is 16.8. The van der Waals surface area contributed by atoms with Crippen molar-refractivity contribution >= 4 is 29.0 Å². The second-order valence-corrected chi connectivity index (χ2v) is 5.16. The van der Waals surface area contributed by atoms with Gasteiger partial charge in [0, 0.05) is 0 Å². The van der Waals surface area contributed by atoms with Gasteiger partial charge in [-0.15, -0.1) is 0 Å². The Bertz CT molecular complexity index is 727. The van der Waals surface area contributed by atoms with Gasteiger partial charge in [0.1, 0.15) is 5.75 Å². The van der Waals surface area contributed by atoms with Crippen molar-refractivity contribution in [1.82, 2.24) is 0 Å². The molecule has 0 amide bonds. The van der Waals surface area contributed by atoms with E-state index in [1.54, 1.807) is 0 Å². The van der Waals surface area contributed by atoms with Crippen LogP contribution >= 0.6 is 11.6 Å². The highest BCUT2D eigenvalue weighted by Gasteiger charge is 2.03. The molecule has 0 saturated heterocycles. The number of aromatic carboxylic acids is 1. The van der Waals surface area contributed by atoms with Gasteiger partial charge in [-0.3, -0.25) is 5.43 Å². The fourth-order valence-electron chi connectivity index (χ4n) is 1.91. The number of carboxylic acids is 1.